The standard InChI is InChI=1S/C11H10F3NO3/c1-5(11(17)18-2)15-10(16)9-7(13)3-6(12)4-8(9)14/h3-5H,1-2H3,(H,15,16)/t5-/m0/s1. The van der Waals surface area contributed by atoms with Crippen molar-refractivity contribution in [1.82, 2.24) is 5.32 Å². The fourth-order valence-corrected chi connectivity index (χ4v) is 1.26. The van der Waals surface area contributed by atoms with E-state index in [1.54, 1.807) is 0 Å². The zero-order valence-corrected chi connectivity index (χ0v) is 9.59. The molecule has 0 unspecified atom stereocenters. The lowest BCUT2D eigenvalue weighted by Gasteiger charge is -2.12. The number of carbonyl (C=O) groups excluding carboxylic acids is 2. The molecule has 18 heavy (non-hydrogen) atoms. The first-order valence-electron chi connectivity index (χ1n) is 4.90. The van der Waals surface area contributed by atoms with Gasteiger partial charge in [0.2, 0.25) is 0 Å². The van der Waals surface area contributed by atoms with Crippen LogP contribution in [0.2, 0.25) is 0 Å². The Kier molecular flexibility index (Phi) is 4.30. The fraction of sp³-hybridized carbons (Fsp3) is 0.273. The number of benzene rings is 1. The van der Waals surface area contributed by atoms with Crippen LogP contribution in [0.5, 0.6) is 0 Å². The van der Waals surface area contributed by atoms with Crippen molar-refractivity contribution < 1.29 is 27.5 Å². The van der Waals surface area contributed by atoms with Gasteiger partial charge in [0.15, 0.2) is 0 Å². The Balaban J connectivity index is 2.95. The van der Waals surface area contributed by atoms with E-state index in [-0.39, 0.29) is 0 Å². The maximum absolute atomic E-state index is 13.2. The minimum atomic E-state index is -1.35. The Bertz CT molecular complexity index is 467. The van der Waals surface area contributed by atoms with E-state index in [4.69, 9.17) is 0 Å². The van der Waals surface area contributed by atoms with Crippen LogP contribution < -0.4 is 5.32 Å². The molecule has 1 aromatic carbocycles. The van der Waals surface area contributed by atoms with Gasteiger partial charge in [0.05, 0.1) is 7.11 Å². The summed E-state index contributed by atoms with van der Waals surface area (Å²) in [6.45, 7) is 1.28. The normalized spacial score (nSPS) is 11.8. The van der Waals surface area contributed by atoms with Crippen molar-refractivity contribution in [2.75, 3.05) is 7.11 Å². The van der Waals surface area contributed by atoms with Gasteiger partial charge in [-0.2, -0.15) is 0 Å². The van der Waals surface area contributed by atoms with Gasteiger partial charge in [0.1, 0.15) is 29.1 Å². The molecule has 0 aromatic heterocycles. The van der Waals surface area contributed by atoms with E-state index >= 15 is 0 Å². The number of carbonyl (C=O) groups is 2. The van der Waals surface area contributed by atoms with E-state index < -0.39 is 40.9 Å². The van der Waals surface area contributed by atoms with Gasteiger partial charge in [-0.25, -0.2) is 18.0 Å². The lowest BCUT2D eigenvalue weighted by atomic mass is 10.1. The minimum Gasteiger partial charge on any atom is -0.467 e. The van der Waals surface area contributed by atoms with E-state index in [1.807, 2.05) is 5.32 Å². The molecule has 0 bridgehead atoms. The molecule has 1 N–H and O–H groups in total. The molecule has 0 heterocycles. The van der Waals surface area contributed by atoms with Crippen LogP contribution in [-0.2, 0) is 9.53 Å². The largest absolute Gasteiger partial charge is 0.467 e. The lowest BCUT2D eigenvalue weighted by Crippen LogP contribution is -2.39. The maximum atomic E-state index is 13.2. The molecule has 7 heteroatoms. The molecule has 0 aliphatic rings. The highest BCUT2D eigenvalue weighted by Crippen LogP contribution is 2.14. The molecule has 1 aromatic rings. The Labute approximate surface area is 101 Å². The zero-order chi connectivity index (χ0) is 13.9. The summed E-state index contributed by atoms with van der Waals surface area (Å²) in [4.78, 5) is 22.5. The minimum absolute atomic E-state index is 0.376. The molecule has 1 amide bonds. The molecular weight excluding hydrogens is 251 g/mol. The van der Waals surface area contributed by atoms with Gasteiger partial charge in [-0.15, -0.1) is 0 Å². The second kappa shape index (κ2) is 5.52. The Morgan fingerprint density at radius 2 is 1.72 bits per heavy atom. The Hall–Kier alpha value is -2.05. The molecule has 0 saturated carbocycles. The van der Waals surface area contributed by atoms with E-state index in [0.29, 0.717) is 12.1 Å². The van der Waals surface area contributed by atoms with Crippen molar-refractivity contribution in [2.24, 2.45) is 0 Å². The first kappa shape index (κ1) is 14.0. The number of methoxy groups -OCH3 is 1. The second-order valence-corrected chi connectivity index (χ2v) is 3.46. The maximum Gasteiger partial charge on any atom is 0.328 e. The monoisotopic (exact) mass is 261 g/mol. The molecule has 0 radical (unpaired) electrons. The van der Waals surface area contributed by atoms with Crippen molar-refractivity contribution in [1.29, 1.82) is 0 Å². The number of esters is 1. The summed E-state index contributed by atoms with van der Waals surface area (Å²) in [5.41, 5.74) is -0.952. The number of halogens is 3. The molecule has 0 aliphatic heterocycles. The van der Waals surface area contributed by atoms with Gasteiger partial charge < -0.3 is 10.1 Å². The van der Waals surface area contributed by atoms with E-state index in [2.05, 4.69) is 4.74 Å². The van der Waals surface area contributed by atoms with Crippen LogP contribution in [0.15, 0.2) is 12.1 Å². The van der Waals surface area contributed by atoms with Crippen LogP contribution in [-0.4, -0.2) is 25.0 Å². The highest BCUT2D eigenvalue weighted by atomic mass is 19.1. The SMILES string of the molecule is COC(=O)[C@H](C)NC(=O)c1c(F)cc(F)cc1F. The number of hydrogen-bond donors (Lipinski definition) is 1. The highest BCUT2D eigenvalue weighted by Gasteiger charge is 2.23. The molecule has 0 spiro atoms. The van der Waals surface area contributed by atoms with Crippen molar-refractivity contribution in [3.63, 3.8) is 0 Å². The van der Waals surface area contributed by atoms with Crippen molar-refractivity contribution in [2.45, 2.75) is 13.0 Å². The van der Waals surface area contributed by atoms with E-state index in [9.17, 15) is 22.8 Å². The molecule has 4 nitrogen and oxygen atoms in total. The van der Waals surface area contributed by atoms with Crippen LogP contribution in [0.1, 0.15) is 17.3 Å². The Morgan fingerprint density at radius 3 is 2.17 bits per heavy atom. The van der Waals surface area contributed by atoms with Crippen LogP contribution in [0.4, 0.5) is 13.2 Å². The topological polar surface area (TPSA) is 55.4 Å². The van der Waals surface area contributed by atoms with Crippen molar-refractivity contribution in [3.05, 3.63) is 35.1 Å². The fourth-order valence-electron chi connectivity index (χ4n) is 1.26. The number of amides is 1. The Morgan fingerprint density at radius 1 is 1.22 bits per heavy atom. The predicted octanol–water partition coefficient (Wildman–Crippen LogP) is 1.40. The van der Waals surface area contributed by atoms with Gasteiger partial charge in [0.25, 0.3) is 5.91 Å². The van der Waals surface area contributed by atoms with Crippen LogP contribution in [0, 0.1) is 17.5 Å². The average molecular weight is 261 g/mol. The third-order valence-corrected chi connectivity index (χ3v) is 2.14. The zero-order valence-electron chi connectivity index (χ0n) is 9.59. The summed E-state index contributed by atoms with van der Waals surface area (Å²) < 4.78 is 43.4. The first-order chi connectivity index (χ1) is 8.36. The molecule has 0 aliphatic carbocycles. The molecule has 1 rings (SSSR count). The molecule has 0 saturated heterocycles. The number of rotatable bonds is 3. The summed E-state index contributed by atoms with van der Waals surface area (Å²) in [5, 5.41) is 2.03. The summed E-state index contributed by atoms with van der Waals surface area (Å²) in [7, 11) is 1.10. The molecule has 98 valence electrons. The molecule has 0 fully saturated rings. The highest BCUT2D eigenvalue weighted by molar-refractivity contribution is 5.97. The number of hydrogen-bond acceptors (Lipinski definition) is 3. The van der Waals surface area contributed by atoms with Crippen LogP contribution in [0.25, 0.3) is 0 Å². The van der Waals surface area contributed by atoms with E-state index in [0.717, 1.165) is 7.11 Å². The van der Waals surface area contributed by atoms with Crippen LogP contribution in [0.3, 0.4) is 0 Å². The van der Waals surface area contributed by atoms with Gasteiger partial charge in [-0.05, 0) is 6.92 Å². The number of ether oxygens (including phenoxy) is 1. The molecule has 1 atom stereocenters. The summed E-state index contributed by atoms with van der Waals surface area (Å²) in [6.07, 6.45) is 0. The quantitative estimate of drug-likeness (QED) is 0.837. The number of nitrogens with one attached hydrogen (secondary N) is 1. The summed E-state index contributed by atoms with van der Waals surface area (Å²) in [6, 6.07) is -0.326. The third kappa shape index (κ3) is 2.99. The van der Waals surface area contributed by atoms with Gasteiger partial charge in [-0.1, -0.05) is 0 Å². The summed E-state index contributed by atoms with van der Waals surface area (Å²) in [5.74, 6) is -5.76. The smallest absolute Gasteiger partial charge is 0.328 e. The van der Waals surface area contributed by atoms with Crippen molar-refractivity contribution in [3.8, 4) is 0 Å². The third-order valence-electron chi connectivity index (χ3n) is 2.14. The van der Waals surface area contributed by atoms with Gasteiger partial charge in [-0.3, -0.25) is 4.79 Å². The van der Waals surface area contributed by atoms with E-state index in [1.165, 1.54) is 6.92 Å². The molecular formula is C11H10F3NO3. The van der Waals surface area contributed by atoms with Gasteiger partial charge in [0, 0.05) is 12.1 Å². The second-order valence-electron chi connectivity index (χ2n) is 3.46. The summed E-state index contributed by atoms with van der Waals surface area (Å²) >= 11 is 0. The van der Waals surface area contributed by atoms with Crippen molar-refractivity contribution >= 4 is 11.9 Å². The van der Waals surface area contributed by atoms with Crippen LogP contribution >= 0.6 is 0 Å². The van der Waals surface area contributed by atoms with Gasteiger partial charge >= 0.3 is 5.97 Å². The first-order valence-corrected chi connectivity index (χ1v) is 4.90. The average Bonchev–Trinajstić information content (AvgIpc) is 2.26. The predicted molar refractivity (Wildman–Crippen MR) is 55.3 cm³/mol. The lowest BCUT2D eigenvalue weighted by molar-refractivity contribution is -0.142.